The van der Waals surface area contributed by atoms with Crippen molar-refractivity contribution in [3.8, 4) is 33.5 Å². The maximum absolute atomic E-state index is 5.43. The van der Waals surface area contributed by atoms with Crippen LogP contribution in [0.15, 0.2) is 127 Å². The lowest BCUT2D eigenvalue weighted by molar-refractivity contribution is 0.789. The summed E-state index contributed by atoms with van der Waals surface area (Å²) in [4.78, 5) is 5.43. The third-order valence-corrected chi connectivity index (χ3v) is 9.93. The predicted octanol–water partition coefficient (Wildman–Crippen LogP) is 9.50. The molecule has 6 aromatic carbocycles. The first-order chi connectivity index (χ1) is 20.3. The van der Waals surface area contributed by atoms with Gasteiger partial charge in [-0.3, -0.25) is 0 Å². The van der Waals surface area contributed by atoms with Crippen LogP contribution in [0.25, 0.3) is 55.2 Å². The highest BCUT2D eigenvalue weighted by molar-refractivity contribution is 6.06. The Balaban J connectivity index is 1.30. The minimum absolute atomic E-state index is 0.290. The fourth-order valence-electron chi connectivity index (χ4n) is 8.26. The molecule has 0 bridgehead atoms. The summed E-state index contributed by atoms with van der Waals surface area (Å²) in [5.41, 5.74) is 17.1. The zero-order valence-corrected chi connectivity index (χ0v) is 22.5. The molecule has 0 amide bonds. The van der Waals surface area contributed by atoms with Crippen LogP contribution in [0.5, 0.6) is 0 Å². The number of aryl methyl sites for hydroxylation is 2. The van der Waals surface area contributed by atoms with Gasteiger partial charge in [-0.05, 0) is 86.0 Å². The van der Waals surface area contributed by atoms with E-state index in [9.17, 15) is 0 Å². The van der Waals surface area contributed by atoms with Crippen molar-refractivity contribution in [3.05, 3.63) is 161 Å². The maximum atomic E-state index is 5.43. The van der Waals surface area contributed by atoms with Crippen molar-refractivity contribution in [3.63, 3.8) is 0 Å². The van der Waals surface area contributed by atoms with Crippen LogP contribution in [0.2, 0.25) is 0 Å². The highest BCUT2D eigenvalue weighted by Crippen LogP contribution is 2.63. The number of hydrogen-bond acceptors (Lipinski definition) is 1. The fraction of sp³-hybridized carbons (Fsp3) is 0.0750. The molecule has 3 aliphatic rings. The fourth-order valence-corrected chi connectivity index (χ4v) is 8.26. The summed E-state index contributed by atoms with van der Waals surface area (Å²) < 4.78 is 0. The van der Waals surface area contributed by atoms with Crippen molar-refractivity contribution in [2.24, 2.45) is 0 Å². The monoisotopic (exact) mass is 519 g/mol. The Bertz CT molecular complexity index is 2230. The normalized spacial score (nSPS) is 14.8. The Kier molecular flexibility index (Phi) is 4.03. The molecule has 1 aromatic heterocycles. The van der Waals surface area contributed by atoms with E-state index in [0.29, 0.717) is 0 Å². The lowest BCUT2D eigenvalue weighted by Crippen LogP contribution is -2.26. The van der Waals surface area contributed by atoms with E-state index in [1.165, 1.54) is 77.4 Å². The van der Waals surface area contributed by atoms with E-state index in [-0.39, 0.29) is 5.41 Å². The molecular formula is C40H25N. The molecule has 3 aliphatic carbocycles. The third kappa shape index (κ3) is 2.60. The molecular weight excluding hydrogens is 494 g/mol. The molecule has 0 aliphatic heterocycles. The van der Waals surface area contributed by atoms with Gasteiger partial charge >= 0.3 is 0 Å². The predicted molar refractivity (Wildman–Crippen MR) is 168 cm³/mol. The topological polar surface area (TPSA) is 12.9 Å². The second-order valence-electron chi connectivity index (χ2n) is 11.8. The van der Waals surface area contributed by atoms with E-state index in [4.69, 9.17) is 4.98 Å². The lowest BCUT2D eigenvalue weighted by Gasteiger charge is -2.31. The highest BCUT2D eigenvalue weighted by atomic mass is 14.7. The number of pyridine rings is 1. The third-order valence-electron chi connectivity index (χ3n) is 9.93. The molecule has 10 rings (SSSR count). The summed E-state index contributed by atoms with van der Waals surface area (Å²) in [7, 11) is 0. The Hall–Kier alpha value is -5.01. The standard InChI is InChI=1S/C40H25N/c1-2-10-28-24(9-1)17-19-26-21-27-20-18-25-22-37-33(23-32(25)39(27)41-38(26)28)31-13-5-8-16-36(31)40(37)34-14-6-3-11-29(34)30-12-4-7-15-35(30)40/h1-17,19,21-23H,18,20H2. The summed E-state index contributed by atoms with van der Waals surface area (Å²) in [6.45, 7) is 0. The molecule has 1 heteroatoms. The molecule has 0 N–H and O–H groups in total. The second kappa shape index (κ2) is 7.59. The van der Waals surface area contributed by atoms with Crippen LogP contribution < -0.4 is 0 Å². The summed E-state index contributed by atoms with van der Waals surface area (Å²) in [5.74, 6) is 0. The molecule has 0 radical (unpaired) electrons. The van der Waals surface area contributed by atoms with Gasteiger partial charge in [0.15, 0.2) is 0 Å². The van der Waals surface area contributed by atoms with Crippen LogP contribution in [-0.2, 0) is 18.3 Å². The second-order valence-corrected chi connectivity index (χ2v) is 11.8. The highest BCUT2D eigenvalue weighted by Gasteiger charge is 2.51. The van der Waals surface area contributed by atoms with Gasteiger partial charge in [0.1, 0.15) is 0 Å². The molecule has 190 valence electrons. The van der Waals surface area contributed by atoms with E-state index in [1.54, 1.807) is 0 Å². The van der Waals surface area contributed by atoms with Gasteiger partial charge in [-0.2, -0.15) is 0 Å². The first-order valence-electron chi connectivity index (χ1n) is 14.6. The smallest absolute Gasteiger partial charge is 0.0788 e. The number of aromatic nitrogens is 1. The minimum atomic E-state index is -0.290. The molecule has 0 unspecified atom stereocenters. The van der Waals surface area contributed by atoms with Crippen molar-refractivity contribution in [1.29, 1.82) is 0 Å². The van der Waals surface area contributed by atoms with Crippen molar-refractivity contribution in [1.82, 2.24) is 4.98 Å². The minimum Gasteiger partial charge on any atom is -0.247 e. The molecule has 0 saturated carbocycles. The number of hydrogen-bond donors (Lipinski definition) is 0. The van der Waals surface area contributed by atoms with Crippen LogP contribution >= 0.6 is 0 Å². The molecule has 7 aromatic rings. The number of fused-ring (bicyclic) bond motifs is 16. The first kappa shape index (κ1) is 21.8. The van der Waals surface area contributed by atoms with Gasteiger partial charge in [0.2, 0.25) is 0 Å². The van der Waals surface area contributed by atoms with Gasteiger partial charge in [-0.25, -0.2) is 4.98 Å². The Morgan fingerprint density at radius 1 is 0.439 bits per heavy atom. The van der Waals surface area contributed by atoms with Crippen LogP contribution in [0.1, 0.15) is 33.4 Å². The average Bonchev–Trinajstić information content (AvgIpc) is 3.50. The largest absolute Gasteiger partial charge is 0.247 e. The van der Waals surface area contributed by atoms with Gasteiger partial charge in [0, 0.05) is 16.3 Å². The molecule has 41 heavy (non-hydrogen) atoms. The zero-order valence-electron chi connectivity index (χ0n) is 22.5. The maximum Gasteiger partial charge on any atom is 0.0788 e. The summed E-state index contributed by atoms with van der Waals surface area (Å²) >= 11 is 0. The first-order valence-corrected chi connectivity index (χ1v) is 14.6. The van der Waals surface area contributed by atoms with Gasteiger partial charge in [-0.15, -0.1) is 0 Å². The van der Waals surface area contributed by atoms with Gasteiger partial charge in [0.25, 0.3) is 0 Å². The van der Waals surface area contributed by atoms with Gasteiger partial charge in [-0.1, -0.05) is 115 Å². The quantitative estimate of drug-likeness (QED) is 0.182. The van der Waals surface area contributed by atoms with E-state index in [1.807, 2.05) is 0 Å². The van der Waals surface area contributed by atoms with E-state index >= 15 is 0 Å². The van der Waals surface area contributed by atoms with E-state index in [2.05, 4.69) is 127 Å². The molecule has 0 fully saturated rings. The van der Waals surface area contributed by atoms with Gasteiger partial charge < -0.3 is 0 Å². The average molecular weight is 520 g/mol. The van der Waals surface area contributed by atoms with Crippen molar-refractivity contribution < 1.29 is 0 Å². The number of rotatable bonds is 0. The number of nitrogens with zero attached hydrogens (tertiary/aromatic N) is 1. The van der Waals surface area contributed by atoms with Crippen molar-refractivity contribution >= 4 is 21.7 Å². The molecule has 1 spiro atoms. The molecule has 1 nitrogen and oxygen atoms in total. The molecule has 0 saturated heterocycles. The summed E-state index contributed by atoms with van der Waals surface area (Å²) in [6.07, 6.45) is 2.05. The zero-order chi connectivity index (χ0) is 26.7. The van der Waals surface area contributed by atoms with Crippen LogP contribution in [0, 0.1) is 0 Å². The lowest BCUT2D eigenvalue weighted by atomic mass is 9.70. The van der Waals surface area contributed by atoms with E-state index in [0.717, 1.165) is 24.1 Å². The Morgan fingerprint density at radius 2 is 1.02 bits per heavy atom. The van der Waals surface area contributed by atoms with Crippen LogP contribution in [0.3, 0.4) is 0 Å². The van der Waals surface area contributed by atoms with Crippen LogP contribution in [-0.4, -0.2) is 4.98 Å². The Labute approximate surface area is 238 Å². The van der Waals surface area contributed by atoms with Crippen LogP contribution in [0.4, 0.5) is 0 Å². The van der Waals surface area contributed by atoms with E-state index < -0.39 is 0 Å². The molecule has 0 atom stereocenters. The SMILES string of the molecule is c1ccc2c(c1)-c1ccccc1C21c2ccccc2-c2cc3c(cc21)CCc1cc2ccc4ccccc4c2nc1-3. The summed E-state index contributed by atoms with van der Waals surface area (Å²) in [5, 5.41) is 3.70. The summed E-state index contributed by atoms with van der Waals surface area (Å²) in [6, 6.07) is 47.7. The number of benzene rings is 6. The molecule has 1 heterocycles. The Morgan fingerprint density at radius 3 is 1.76 bits per heavy atom. The van der Waals surface area contributed by atoms with Gasteiger partial charge in [0.05, 0.1) is 16.6 Å². The van der Waals surface area contributed by atoms with Crippen molar-refractivity contribution in [2.45, 2.75) is 18.3 Å². The van der Waals surface area contributed by atoms with Crippen molar-refractivity contribution in [2.75, 3.05) is 0 Å².